The van der Waals surface area contributed by atoms with Crippen LogP contribution in [0.1, 0.15) is 308 Å². The molecule has 0 aliphatic rings. The maximum absolute atomic E-state index is 13.3. The fraction of sp³-hybridized carbons (Fsp3) is 0.855. The van der Waals surface area contributed by atoms with Gasteiger partial charge in [0.05, 0.1) is 6.04 Å². The minimum Gasteiger partial charge on any atom is -0.368 e. The van der Waals surface area contributed by atoms with Crippen LogP contribution in [0.4, 0.5) is 0 Å². The Labute approximate surface area is 630 Å². The number of amides is 11. The van der Waals surface area contributed by atoms with E-state index in [-0.39, 0.29) is 59.1 Å². The second-order valence-corrected chi connectivity index (χ2v) is 28.4. The third-order valence-corrected chi connectivity index (χ3v) is 18.7. The Bertz CT molecular complexity index is 2290. The summed E-state index contributed by atoms with van der Waals surface area (Å²) in [6, 6.07) is -3.76. The van der Waals surface area contributed by atoms with E-state index >= 15 is 0 Å². The van der Waals surface area contributed by atoms with Crippen LogP contribution in [0.25, 0.3) is 0 Å². The van der Waals surface area contributed by atoms with Gasteiger partial charge in [0, 0.05) is 64.8 Å². The van der Waals surface area contributed by atoms with Crippen molar-refractivity contribution in [3.8, 4) is 0 Å². The van der Waals surface area contributed by atoms with Gasteiger partial charge in [-0.2, -0.15) is 0 Å². The summed E-state index contributed by atoms with van der Waals surface area (Å²) >= 11 is 0. The standard InChI is InChI=1S/C76H150N18O11/c77-49-27-21-38-60(83)72(101)85-55-33-11-1-7-17-45-67(96)91-62(40-23-29-51-79)74(103)87-57-35-13-3-9-19-47-69(98)93-64(42-25-31-53-81)76(105)89-59-37-15-5-10-20-48-70(99)94-65(43-26-32-54-82)75(104)88-58-36-14-4-8-18-46-68(97)92-63(41-24-30-52-80)73(102)86-56-34-12-2-6-16-44-66(95)90-61(71(84)100)39-22-28-50-78/h60-65H,1-59,77-83H2,(H2,84,100)(H,85,101)(H,86,102)(H,87,103)(H,88,104)(H,89,105)(H,90,95)(H,91,96)(H,92,97)(H,93,98)(H,94,99)/t60-,61-,62-,63-,64-,65-/m0/s1. The van der Waals surface area contributed by atoms with Crippen molar-refractivity contribution >= 4 is 65.0 Å². The van der Waals surface area contributed by atoms with Crippen LogP contribution >= 0.6 is 0 Å². The molecule has 0 radical (unpaired) electrons. The van der Waals surface area contributed by atoms with Crippen molar-refractivity contribution in [3.05, 3.63) is 0 Å². The first-order valence-electron chi connectivity index (χ1n) is 41.0. The van der Waals surface area contributed by atoms with Gasteiger partial charge < -0.3 is 99.0 Å². The van der Waals surface area contributed by atoms with Crippen LogP contribution in [0.15, 0.2) is 0 Å². The van der Waals surface area contributed by atoms with E-state index in [4.69, 9.17) is 45.9 Å². The Morgan fingerprint density at radius 2 is 0.390 bits per heavy atom. The van der Waals surface area contributed by atoms with Crippen molar-refractivity contribution in [3.63, 3.8) is 0 Å². The van der Waals surface area contributed by atoms with Crippen LogP contribution in [0, 0.1) is 0 Å². The Balaban J connectivity index is 4.56. The predicted octanol–water partition coefficient (Wildman–Crippen LogP) is 4.28. The molecule has 0 aliphatic carbocycles. The van der Waals surface area contributed by atoms with Crippen molar-refractivity contribution in [1.82, 2.24) is 53.2 Å². The topological polar surface area (TPSA) is 516 Å². The van der Waals surface area contributed by atoms with Gasteiger partial charge in [0.25, 0.3) is 0 Å². The molecule has 0 aromatic rings. The number of hydrogen-bond donors (Lipinski definition) is 18. The molecule has 0 aliphatic heterocycles. The number of nitrogens with two attached hydrogens (primary N) is 8. The van der Waals surface area contributed by atoms with E-state index in [0.29, 0.717) is 200 Å². The first-order valence-corrected chi connectivity index (χ1v) is 41.0. The summed E-state index contributed by atoms with van der Waals surface area (Å²) in [6.45, 7) is 5.56. The lowest BCUT2D eigenvalue weighted by Gasteiger charge is -2.19. The maximum atomic E-state index is 13.3. The quantitative estimate of drug-likeness (QED) is 0.0378. The fourth-order valence-electron chi connectivity index (χ4n) is 12.2. The van der Waals surface area contributed by atoms with Crippen LogP contribution < -0.4 is 99.0 Å². The van der Waals surface area contributed by atoms with Gasteiger partial charge in [-0.05, 0) is 213 Å². The zero-order valence-electron chi connectivity index (χ0n) is 64.8. The normalized spacial score (nSPS) is 12.9. The first-order chi connectivity index (χ1) is 50.9. The number of primary amides is 1. The van der Waals surface area contributed by atoms with Crippen LogP contribution in [-0.4, -0.2) is 173 Å². The van der Waals surface area contributed by atoms with Gasteiger partial charge in [0.15, 0.2) is 0 Å². The SMILES string of the molecule is NCCCC[C@H](NC(=O)CCCCCCCNC(=O)[C@H](CCCCN)NC(=O)CCCCCCCNC(=O)[C@H](CCCCN)NC(=O)CCCCCCCNC(=O)[C@H](CCCCN)NC(=O)CCCCCCCNC(=O)[C@H](CCCCN)NC(=O)CCCCCCCNC(=O)[C@@H](N)CCCCN)C(N)=O. The second kappa shape index (κ2) is 70.8. The third kappa shape index (κ3) is 59.6. The highest BCUT2D eigenvalue weighted by Gasteiger charge is 2.25. The summed E-state index contributed by atoms with van der Waals surface area (Å²) in [5.74, 6) is -2.38. The molecule has 26 N–H and O–H groups in total. The Kier molecular flexibility index (Phi) is 66.7. The number of nitrogens with one attached hydrogen (secondary N) is 10. The lowest BCUT2D eigenvalue weighted by atomic mass is 10.1. The van der Waals surface area contributed by atoms with Crippen molar-refractivity contribution < 1.29 is 52.7 Å². The Morgan fingerprint density at radius 3 is 0.610 bits per heavy atom. The zero-order valence-corrected chi connectivity index (χ0v) is 64.8. The monoisotopic (exact) mass is 1490 g/mol. The molecule has 610 valence electrons. The summed E-state index contributed by atoms with van der Waals surface area (Å²) in [5, 5.41) is 29.3. The van der Waals surface area contributed by atoms with E-state index in [1.165, 1.54) is 0 Å². The number of carbonyl (C=O) groups is 11. The Morgan fingerprint density at radius 1 is 0.210 bits per heavy atom. The van der Waals surface area contributed by atoms with E-state index in [1.54, 1.807) is 0 Å². The largest absolute Gasteiger partial charge is 0.368 e. The molecule has 29 heteroatoms. The molecule has 0 rings (SSSR count). The molecule has 0 fully saturated rings. The van der Waals surface area contributed by atoms with Gasteiger partial charge in [0.2, 0.25) is 65.0 Å². The second-order valence-electron chi connectivity index (χ2n) is 28.4. The van der Waals surface area contributed by atoms with Gasteiger partial charge in [0.1, 0.15) is 30.2 Å². The van der Waals surface area contributed by atoms with Crippen LogP contribution in [0.5, 0.6) is 0 Å². The molecule has 0 bridgehead atoms. The van der Waals surface area contributed by atoms with Gasteiger partial charge in [-0.15, -0.1) is 0 Å². The van der Waals surface area contributed by atoms with E-state index in [0.717, 1.165) is 180 Å². The number of carbonyl (C=O) groups excluding carboxylic acids is 11. The van der Waals surface area contributed by atoms with Crippen molar-refractivity contribution in [1.29, 1.82) is 0 Å². The van der Waals surface area contributed by atoms with Crippen LogP contribution in [0.3, 0.4) is 0 Å². The van der Waals surface area contributed by atoms with E-state index in [9.17, 15) is 52.7 Å². The van der Waals surface area contributed by atoms with Crippen LogP contribution in [-0.2, 0) is 52.7 Å². The number of unbranched alkanes of at least 4 members (excludes halogenated alkanes) is 26. The zero-order chi connectivity index (χ0) is 77.6. The summed E-state index contributed by atoms with van der Waals surface area (Å²) in [6.07, 6.45) is 33.8. The summed E-state index contributed by atoms with van der Waals surface area (Å²) < 4.78 is 0. The highest BCUT2D eigenvalue weighted by Crippen LogP contribution is 2.14. The molecule has 11 amide bonds. The molecule has 0 heterocycles. The molecule has 0 unspecified atom stereocenters. The molecule has 0 saturated heterocycles. The third-order valence-electron chi connectivity index (χ3n) is 18.7. The molecule has 6 atom stereocenters. The van der Waals surface area contributed by atoms with Crippen molar-refractivity contribution in [2.45, 2.75) is 344 Å². The van der Waals surface area contributed by atoms with Crippen molar-refractivity contribution in [2.24, 2.45) is 45.9 Å². The molecular weight excluding hydrogens is 1340 g/mol. The average molecular weight is 1490 g/mol. The first kappa shape index (κ1) is 98.9. The van der Waals surface area contributed by atoms with Gasteiger partial charge in [-0.1, -0.05) is 103 Å². The van der Waals surface area contributed by atoms with Crippen molar-refractivity contribution in [2.75, 3.05) is 72.0 Å². The molecule has 0 spiro atoms. The number of hydrogen-bond acceptors (Lipinski definition) is 18. The highest BCUT2D eigenvalue weighted by molar-refractivity contribution is 5.90. The highest BCUT2D eigenvalue weighted by atomic mass is 16.2. The minimum atomic E-state index is -0.681. The fourth-order valence-corrected chi connectivity index (χ4v) is 12.2. The van der Waals surface area contributed by atoms with Gasteiger partial charge >= 0.3 is 0 Å². The Hall–Kier alpha value is -6.11. The molecule has 0 saturated carbocycles. The molecule has 29 nitrogen and oxygen atoms in total. The molecule has 0 aromatic carbocycles. The molecule has 0 aromatic heterocycles. The van der Waals surface area contributed by atoms with E-state index < -0.39 is 42.2 Å². The van der Waals surface area contributed by atoms with Crippen LogP contribution in [0.2, 0.25) is 0 Å². The minimum absolute atomic E-state index is 0.131. The molecule has 105 heavy (non-hydrogen) atoms. The van der Waals surface area contributed by atoms with E-state index in [2.05, 4.69) is 53.2 Å². The smallest absolute Gasteiger partial charge is 0.242 e. The summed E-state index contributed by atoms with van der Waals surface area (Å²) in [4.78, 5) is 141. The van der Waals surface area contributed by atoms with Gasteiger partial charge in [-0.3, -0.25) is 52.7 Å². The number of rotatable bonds is 75. The summed E-state index contributed by atoms with van der Waals surface area (Å²) in [5.41, 5.74) is 45.3. The molecular formula is C76H150N18O11. The predicted molar refractivity (Wildman–Crippen MR) is 418 cm³/mol. The maximum Gasteiger partial charge on any atom is 0.242 e. The lowest BCUT2D eigenvalue weighted by Crippen LogP contribution is -2.47. The lowest BCUT2D eigenvalue weighted by molar-refractivity contribution is -0.129. The van der Waals surface area contributed by atoms with E-state index in [1.807, 2.05) is 0 Å². The average Bonchev–Trinajstić information content (AvgIpc) is 0.967. The summed E-state index contributed by atoms with van der Waals surface area (Å²) in [7, 11) is 0. The van der Waals surface area contributed by atoms with Gasteiger partial charge in [-0.25, -0.2) is 0 Å².